The van der Waals surface area contributed by atoms with Crippen LogP contribution in [0.5, 0.6) is 0 Å². The Morgan fingerprint density at radius 2 is 1.75 bits per heavy atom. The molecule has 0 saturated heterocycles. The number of Topliss-reactive ketones (excluding diaryl/α,β-unsaturated/α-hetero) is 2. The summed E-state index contributed by atoms with van der Waals surface area (Å²) < 4.78 is 0. The maximum absolute atomic E-state index is 12.0. The molecule has 3 atom stereocenters. The molecule has 0 N–H and O–H groups in total. The monoisotopic (exact) mass is 220 g/mol. The minimum absolute atomic E-state index is 0.0634. The average Bonchev–Trinajstić information content (AvgIpc) is 2.84. The number of fused-ring (bicyclic) bond motifs is 1. The number of rotatable bonds is 1. The van der Waals surface area contributed by atoms with Crippen LogP contribution in [0.2, 0.25) is 0 Å². The van der Waals surface area contributed by atoms with Crippen LogP contribution in [0.15, 0.2) is 0 Å². The molecule has 3 rings (SSSR count). The Balaban J connectivity index is 2.02. The molecule has 3 aliphatic rings. The lowest BCUT2D eigenvalue weighted by Crippen LogP contribution is -2.41. The molecule has 3 saturated carbocycles. The van der Waals surface area contributed by atoms with Crippen LogP contribution in [0.25, 0.3) is 0 Å². The molecular weight excluding hydrogens is 200 g/mol. The molecule has 3 aliphatic carbocycles. The number of carbonyl (C=O) groups excluding carboxylic acids is 2. The van der Waals surface area contributed by atoms with E-state index in [-0.39, 0.29) is 16.2 Å². The van der Waals surface area contributed by atoms with E-state index in [9.17, 15) is 9.59 Å². The van der Waals surface area contributed by atoms with Gasteiger partial charge in [-0.1, -0.05) is 20.8 Å². The summed E-state index contributed by atoms with van der Waals surface area (Å²) in [4.78, 5) is 23.8. The zero-order chi connectivity index (χ0) is 11.8. The standard InChI is InChI=1S/C14H20O2/c1-12(2)11(16)5-6-13(12,3)14-7-4-10(15)9(14)8-14/h9H,4-8H2,1-3H3/t9-,13+,14+/m1/s1. The minimum atomic E-state index is -0.230. The molecule has 0 spiro atoms. The van der Waals surface area contributed by atoms with Crippen molar-refractivity contribution in [3.63, 3.8) is 0 Å². The number of hydrogen-bond donors (Lipinski definition) is 0. The second kappa shape index (κ2) is 2.60. The molecule has 88 valence electrons. The Bertz CT molecular complexity index is 396. The average molecular weight is 220 g/mol. The van der Waals surface area contributed by atoms with Gasteiger partial charge in [0.2, 0.25) is 0 Å². The summed E-state index contributed by atoms with van der Waals surface area (Å²) in [6, 6.07) is 0. The van der Waals surface area contributed by atoms with Gasteiger partial charge in [0, 0.05) is 24.2 Å². The molecule has 0 bridgehead atoms. The molecule has 3 fully saturated rings. The molecule has 0 radical (unpaired) electrons. The molecule has 0 amide bonds. The maximum atomic E-state index is 12.0. The van der Waals surface area contributed by atoms with Crippen molar-refractivity contribution in [3.8, 4) is 0 Å². The predicted molar refractivity (Wildman–Crippen MR) is 60.9 cm³/mol. The first kappa shape index (κ1) is 10.5. The molecule has 2 heteroatoms. The van der Waals surface area contributed by atoms with Crippen LogP contribution in [-0.4, -0.2) is 11.6 Å². The van der Waals surface area contributed by atoms with E-state index >= 15 is 0 Å². The van der Waals surface area contributed by atoms with Crippen molar-refractivity contribution < 1.29 is 9.59 Å². The number of hydrogen-bond acceptors (Lipinski definition) is 2. The highest BCUT2D eigenvalue weighted by Gasteiger charge is 2.74. The van der Waals surface area contributed by atoms with Crippen LogP contribution in [0.4, 0.5) is 0 Å². The van der Waals surface area contributed by atoms with E-state index in [2.05, 4.69) is 20.8 Å². The fraction of sp³-hybridized carbons (Fsp3) is 0.857. The van der Waals surface area contributed by atoms with Crippen molar-refractivity contribution in [1.82, 2.24) is 0 Å². The molecule has 0 heterocycles. The third kappa shape index (κ3) is 0.869. The van der Waals surface area contributed by atoms with Crippen molar-refractivity contribution in [2.75, 3.05) is 0 Å². The fourth-order valence-electron chi connectivity index (χ4n) is 4.58. The SMILES string of the molecule is CC1(C)C(=O)CC[C@]1(C)[C@]12CCC(=O)[C@H]1C2. The van der Waals surface area contributed by atoms with E-state index in [1.54, 1.807) is 0 Å². The van der Waals surface area contributed by atoms with Gasteiger partial charge in [-0.2, -0.15) is 0 Å². The van der Waals surface area contributed by atoms with Gasteiger partial charge in [0.15, 0.2) is 0 Å². The van der Waals surface area contributed by atoms with E-state index in [0.717, 1.165) is 25.7 Å². The van der Waals surface area contributed by atoms with Gasteiger partial charge in [-0.3, -0.25) is 9.59 Å². The highest BCUT2D eigenvalue weighted by atomic mass is 16.1. The molecule has 0 aromatic carbocycles. The van der Waals surface area contributed by atoms with E-state index in [0.29, 0.717) is 23.9 Å². The fourth-order valence-corrected chi connectivity index (χ4v) is 4.58. The van der Waals surface area contributed by atoms with Crippen LogP contribution in [0.1, 0.15) is 52.9 Å². The Kier molecular flexibility index (Phi) is 1.70. The lowest BCUT2D eigenvalue weighted by Gasteiger charge is -2.44. The second-order valence-corrected chi connectivity index (χ2v) is 6.76. The maximum Gasteiger partial charge on any atom is 0.139 e. The lowest BCUT2D eigenvalue weighted by molar-refractivity contribution is -0.130. The second-order valence-electron chi connectivity index (χ2n) is 6.76. The highest BCUT2D eigenvalue weighted by Crippen LogP contribution is 2.77. The van der Waals surface area contributed by atoms with Gasteiger partial charge in [-0.05, 0) is 30.1 Å². The largest absolute Gasteiger partial charge is 0.299 e. The van der Waals surface area contributed by atoms with Crippen molar-refractivity contribution >= 4 is 11.6 Å². The Labute approximate surface area is 96.8 Å². The normalized spacial score (nSPS) is 49.6. The van der Waals surface area contributed by atoms with Gasteiger partial charge < -0.3 is 0 Å². The Morgan fingerprint density at radius 1 is 1.06 bits per heavy atom. The number of ketones is 2. The summed E-state index contributed by atoms with van der Waals surface area (Å²) in [5.74, 6) is 1.15. The third-order valence-corrected chi connectivity index (χ3v) is 6.31. The highest BCUT2D eigenvalue weighted by molar-refractivity contribution is 5.91. The Hall–Kier alpha value is -0.660. The number of carbonyl (C=O) groups is 2. The first-order chi connectivity index (χ1) is 7.35. The van der Waals surface area contributed by atoms with Gasteiger partial charge in [0.05, 0.1) is 0 Å². The zero-order valence-electron chi connectivity index (χ0n) is 10.4. The van der Waals surface area contributed by atoms with Gasteiger partial charge in [0.25, 0.3) is 0 Å². The van der Waals surface area contributed by atoms with Crippen LogP contribution in [0, 0.1) is 22.2 Å². The van der Waals surface area contributed by atoms with Gasteiger partial charge in [-0.25, -0.2) is 0 Å². The van der Waals surface area contributed by atoms with E-state index in [4.69, 9.17) is 0 Å². The quantitative estimate of drug-likeness (QED) is 0.681. The van der Waals surface area contributed by atoms with E-state index in [1.165, 1.54) is 0 Å². The van der Waals surface area contributed by atoms with Crippen molar-refractivity contribution in [2.45, 2.75) is 52.9 Å². The molecule has 0 aromatic rings. The first-order valence-corrected chi connectivity index (χ1v) is 6.41. The van der Waals surface area contributed by atoms with E-state index in [1.807, 2.05) is 0 Å². The van der Waals surface area contributed by atoms with Crippen LogP contribution < -0.4 is 0 Å². The van der Waals surface area contributed by atoms with Gasteiger partial charge >= 0.3 is 0 Å². The molecule has 2 nitrogen and oxygen atoms in total. The summed E-state index contributed by atoms with van der Waals surface area (Å²) in [6.45, 7) is 6.45. The summed E-state index contributed by atoms with van der Waals surface area (Å²) >= 11 is 0. The van der Waals surface area contributed by atoms with Crippen molar-refractivity contribution in [2.24, 2.45) is 22.2 Å². The zero-order valence-corrected chi connectivity index (χ0v) is 10.4. The van der Waals surface area contributed by atoms with Crippen molar-refractivity contribution in [1.29, 1.82) is 0 Å². The smallest absolute Gasteiger partial charge is 0.139 e. The summed E-state index contributed by atoms with van der Waals surface area (Å²) in [5, 5.41) is 0. The van der Waals surface area contributed by atoms with Crippen molar-refractivity contribution in [3.05, 3.63) is 0 Å². The first-order valence-electron chi connectivity index (χ1n) is 6.41. The summed E-state index contributed by atoms with van der Waals surface area (Å²) in [6.07, 6.45) is 4.54. The lowest BCUT2D eigenvalue weighted by atomic mass is 9.59. The molecule has 0 unspecified atom stereocenters. The molecular formula is C14H20O2. The molecule has 0 aliphatic heterocycles. The topological polar surface area (TPSA) is 34.1 Å². The van der Waals surface area contributed by atoms with E-state index < -0.39 is 0 Å². The minimum Gasteiger partial charge on any atom is -0.299 e. The third-order valence-electron chi connectivity index (χ3n) is 6.31. The van der Waals surface area contributed by atoms with Crippen LogP contribution in [-0.2, 0) is 9.59 Å². The Morgan fingerprint density at radius 3 is 2.12 bits per heavy atom. The van der Waals surface area contributed by atoms with Gasteiger partial charge in [-0.15, -0.1) is 0 Å². The van der Waals surface area contributed by atoms with Crippen LogP contribution >= 0.6 is 0 Å². The summed E-state index contributed by atoms with van der Waals surface area (Å²) in [5.41, 5.74) is 0.0278. The summed E-state index contributed by atoms with van der Waals surface area (Å²) in [7, 11) is 0. The van der Waals surface area contributed by atoms with Gasteiger partial charge in [0.1, 0.15) is 11.6 Å². The molecule has 0 aromatic heterocycles. The predicted octanol–water partition coefficient (Wildman–Crippen LogP) is 2.75. The van der Waals surface area contributed by atoms with Crippen LogP contribution in [0.3, 0.4) is 0 Å². The molecule has 16 heavy (non-hydrogen) atoms.